The highest BCUT2D eigenvalue weighted by atomic mass is 35.5. The Bertz CT molecular complexity index is 1090. The molecule has 0 aliphatic heterocycles. The number of aromatic nitrogens is 2. The molecule has 0 aliphatic carbocycles. The summed E-state index contributed by atoms with van der Waals surface area (Å²) in [4.78, 5) is 13.0. The van der Waals surface area contributed by atoms with Gasteiger partial charge in [0.1, 0.15) is 16.5 Å². The number of carbonyl (C=O) groups excluding carboxylic acids is 1. The number of amides is 1. The first-order valence-corrected chi connectivity index (χ1v) is 9.06. The van der Waals surface area contributed by atoms with Crippen LogP contribution in [-0.4, -0.2) is 15.7 Å². The van der Waals surface area contributed by atoms with Gasteiger partial charge in [-0.05, 0) is 23.8 Å². The predicted molar refractivity (Wildman–Crippen MR) is 103 cm³/mol. The largest absolute Gasteiger partial charge is 0.306 e. The number of hydrogen-bond acceptors (Lipinski definition) is 3. The van der Waals surface area contributed by atoms with Crippen molar-refractivity contribution < 1.29 is 9.18 Å². The van der Waals surface area contributed by atoms with Gasteiger partial charge in [0.15, 0.2) is 0 Å². The Labute approximate surface area is 157 Å². The number of nitrogens with zero attached hydrogens (tertiary/aromatic N) is 2. The van der Waals surface area contributed by atoms with Gasteiger partial charge < -0.3 is 5.32 Å². The fraction of sp³-hybridized carbons (Fsp3) is 0.0526. The fourth-order valence-corrected chi connectivity index (χ4v) is 4.12. The van der Waals surface area contributed by atoms with Crippen molar-refractivity contribution in [2.24, 2.45) is 0 Å². The van der Waals surface area contributed by atoms with Gasteiger partial charge in [0.25, 0.3) is 5.91 Å². The first kappa shape index (κ1) is 16.8. The second-order valence-corrected chi connectivity index (χ2v) is 7.13. The molecule has 1 amide bonds. The molecule has 130 valence electrons. The minimum Gasteiger partial charge on any atom is -0.306 e. The van der Waals surface area contributed by atoms with Crippen molar-refractivity contribution in [3.05, 3.63) is 82.1 Å². The lowest BCUT2D eigenvalue weighted by Gasteiger charge is -2.08. The molecule has 0 unspecified atom stereocenters. The molecule has 0 bridgehead atoms. The van der Waals surface area contributed by atoms with E-state index in [9.17, 15) is 9.18 Å². The van der Waals surface area contributed by atoms with Crippen molar-refractivity contribution in [1.29, 1.82) is 0 Å². The highest BCUT2D eigenvalue weighted by Crippen LogP contribution is 2.36. The lowest BCUT2D eigenvalue weighted by atomic mass is 10.2. The number of benzene rings is 2. The molecule has 0 aliphatic rings. The molecule has 0 saturated carbocycles. The van der Waals surface area contributed by atoms with Gasteiger partial charge >= 0.3 is 0 Å². The summed E-state index contributed by atoms with van der Waals surface area (Å²) in [6, 6.07) is 15.8. The van der Waals surface area contributed by atoms with Crippen LogP contribution in [0.3, 0.4) is 0 Å². The smallest absolute Gasteiger partial charge is 0.268 e. The number of fused-ring (bicyclic) bond motifs is 1. The third kappa shape index (κ3) is 3.21. The fourth-order valence-electron chi connectivity index (χ4n) is 2.68. The van der Waals surface area contributed by atoms with Crippen molar-refractivity contribution in [3.8, 4) is 0 Å². The first-order chi connectivity index (χ1) is 12.6. The van der Waals surface area contributed by atoms with Crippen LogP contribution in [0.25, 0.3) is 10.1 Å². The lowest BCUT2D eigenvalue weighted by molar-refractivity contribution is 0.102. The van der Waals surface area contributed by atoms with Crippen LogP contribution in [0, 0.1) is 5.82 Å². The summed E-state index contributed by atoms with van der Waals surface area (Å²) >= 11 is 7.48. The summed E-state index contributed by atoms with van der Waals surface area (Å²) in [5.41, 5.74) is 1.07. The van der Waals surface area contributed by atoms with Gasteiger partial charge in [-0.1, -0.05) is 41.9 Å². The first-order valence-electron chi connectivity index (χ1n) is 7.86. The van der Waals surface area contributed by atoms with Gasteiger partial charge in [0.05, 0.1) is 17.8 Å². The normalized spacial score (nSPS) is 11.0. The molecular formula is C19H13ClFN3OS. The van der Waals surface area contributed by atoms with Crippen LogP contribution in [0.5, 0.6) is 0 Å². The molecule has 2 aromatic heterocycles. The Morgan fingerprint density at radius 2 is 2.00 bits per heavy atom. The number of thiophene rings is 1. The topological polar surface area (TPSA) is 46.9 Å². The second-order valence-electron chi connectivity index (χ2n) is 5.70. The summed E-state index contributed by atoms with van der Waals surface area (Å²) < 4.78 is 15.7. The molecule has 0 fully saturated rings. The molecule has 4 rings (SSSR count). The minimum absolute atomic E-state index is 0.330. The van der Waals surface area contributed by atoms with Crippen LogP contribution in [0.15, 0.2) is 60.8 Å². The highest BCUT2D eigenvalue weighted by molar-refractivity contribution is 7.21. The summed E-state index contributed by atoms with van der Waals surface area (Å²) in [7, 11) is 0. The van der Waals surface area contributed by atoms with E-state index in [-0.39, 0.29) is 11.7 Å². The van der Waals surface area contributed by atoms with Crippen LogP contribution >= 0.6 is 22.9 Å². The molecule has 0 atom stereocenters. The monoisotopic (exact) mass is 385 g/mol. The number of rotatable bonds is 4. The molecule has 7 heteroatoms. The maximum atomic E-state index is 13.4. The Hall–Kier alpha value is -2.70. The van der Waals surface area contributed by atoms with Gasteiger partial charge in [-0.3, -0.25) is 4.79 Å². The molecule has 0 spiro atoms. The molecule has 26 heavy (non-hydrogen) atoms. The maximum Gasteiger partial charge on any atom is 0.268 e. The number of hydrogen-bond donors (Lipinski definition) is 1. The summed E-state index contributed by atoms with van der Waals surface area (Å²) in [5, 5.41) is 8.09. The number of anilines is 1. The van der Waals surface area contributed by atoms with Gasteiger partial charge in [0.2, 0.25) is 0 Å². The SMILES string of the molecule is O=C(Nc1ccnn1Cc1ccccc1)c1sc2cc(F)ccc2c1Cl. The molecule has 4 nitrogen and oxygen atoms in total. The van der Waals surface area contributed by atoms with Crippen LogP contribution < -0.4 is 5.32 Å². The quantitative estimate of drug-likeness (QED) is 0.525. The predicted octanol–water partition coefficient (Wildman–Crippen LogP) is 5.19. The van der Waals surface area contributed by atoms with E-state index in [0.717, 1.165) is 16.9 Å². The standard InChI is InChI=1S/C19H13ClFN3OS/c20-17-14-7-6-13(21)10-15(14)26-18(17)19(25)23-16-8-9-22-24(16)11-12-4-2-1-3-5-12/h1-10H,11H2,(H,23,25). The molecule has 2 aromatic carbocycles. The van der Waals surface area contributed by atoms with E-state index < -0.39 is 0 Å². The van der Waals surface area contributed by atoms with Crippen LogP contribution in [-0.2, 0) is 6.54 Å². The number of carbonyl (C=O) groups is 1. The van der Waals surface area contributed by atoms with E-state index >= 15 is 0 Å². The van der Waals surface area contributed by atoms with Gasteiger partial charge in [-0.25, -0.2) is 9.07 Å². The van der Waals surface area contributed by atoms with E-state index in [4.69, 9.17) is 11.6 Å². The van der Waals surface area contributed by atoms with Crippen LogP contribution in [0.4, 0.5) is 10.2 Å². The molecule has 4 aromatic rings. The third-order valence-electron chi connectivity index (χ3n) is 3.93. The Morgan fingerprint density at radius 3 is 2.81 bits per heavy atom. The summed E-state index contributed by atoms with van der Waals surface area (Å²) in [6.07, 6.45) is 1.63. The van der Waals surface area contributed by atoms with E-state index in [1.165, 1.54) is 12.1 Å². The third-order valence-corrected chi connectivity index (χ3v) is 5.59. The average molecular weight is 386 g/mol. The molecule has 0 saturated heterocycles. The van der Waals surface area contributed by atoms with Gasteiger partial charge in [0, 0.05) is 16.2 Å². The Balaban J connectivity index is 1.60. The molecular weight excluding hydrogens is 373 g/mol. The Morgan fingerprint density at radius 1 is 1.19 bits per heavy atom. The molecule has 0 radical (unpaired) electrons. The van der Waals surface area contributed by atoms with Crippen molar-refractivity contribution >= 4 is 44.7 Å². The minimum atomic E-state index is -0.358. The van der Waals surface area contributed by atoms with Crippen molar-refractivity contribution in [3.63, 3.8) is 0 Å². The van der Waals surface area contributed by atoms with Crippen LogP contribution in [0.2, 0.25) is 5.02 Å². The zero-order valence-corrected chi connectivity index (χ0v) is 15.0. The molecule has 2 heterocycles. The highest BCUT2D eigenvalue weighted by Gasteiger charge is 2.19. The second kappa shape index (κ2) is 6.90. The van der Waals surface area contributed by atoms with E-state index in [0.29, 0.717) is 32.3 Å². The number of nitrogens with one attached hydrogen (secondary N) is 1. The van der Waals surface area contributed by atoms with Crippen molar-refractivity contribution in [2.75, 3.05) is 5.32 Å². The van der Waals surface area contributed by atoms with E-state index in [2.05, 4.69) is 10.4 Å². The summed E-state index contributed by atoms with van der Waals surface area (Å²) in [5.74, 6) is -0.131. The zero-order valence-electron chi connectivity index (χ0n) is 13.4. The van der Waals surface area contributed by atoms with Gasteiger partial charge in [-0.2, -0.15) is 5.10 Å². The Kier molecular flexibility index (Phi) is 4.44. The van der Waals surface area contributed by atoms with Crippen LogP contribution in [0.1, 0.15) is 15.2 Å². The van der Waals surface area contributed by atoms with E-state index in [1.807, 2.05) is 30.3 Å². The van der Waals surface area contributed by atoms with Crippen molar-refractivity contribution in [1.82, 2.24) is 9.78 Å². The average Bonchev–Trinajstić information content (AvgIpc) is 3.20. The molecule has 1 N–H and O–H groups in total. The maximum absolute atomic E-state index is 13.4. The van der Waals surface area contributed by atoms with E-state index in [1.54, 1.807) is 23.0 Å². The van der Waals surface area contributed by atoms with Crippen molar-refractivity contribution in [2.45, 2.75) is 6.54 Å². The van der Waals surface area contributed by atoms with Gasteiger partial charge in [-0.15, -0.1) is 11.3 Å². The zero-order chi connectivity index (χ0) is 18.1. The lowest BCUT2D eigenvalue weighted by Crippen LogP contribution is -2.15. The number of halogens is 2. The summed E-state index contributed by atoms with van der Waals surface area (Å²) in [6.45, 7) is 0.537.